The summed E-state index contributed by atoms with van der Waals surface area (Å²) < 4.78 is 10.7. The van der Waals surface area contributed by atoms with Crippen molar-refractivity contribution in [3.8, 4) is 11.5 Å². The summed E-state index contributed by atoms with van der Waals surface area (Å²) in [4.78, 5) is 13.0. The van der Waals surface area contributed by atoms with Gasteiger partial charge in [-0.25, -0.2) is 5.01 Å². The zero-order valence-corrected chi connectivity index (χ0v) is 12.8. The summed E-state index contributed by atoms with van der Waals surface area (Å²) in [5.74, 6) is 1.43. The first-order valence-electron chi connectivity index (χ1n) is 7.03. The molecule has 6 heteroatoms. The molecule has 5 nitrogen and oxygen atoms in total. The van der Waals surface area contributed by atoms with Crippen molar-refractivity contribution in [1.29, 1.82) is 0 Å². The zero-order chi connectivity index (χ0) is 15.1. The molecular weight excluding hydrogens is 300 g/mol. The summed E-state index contributed by atoms with van der Waals surface area (Å²) in [6.07, 6.45) is 0.708. The summed E-state index contributed by atoms with van der Waals surface area (Å²) in [5.41, 5.74) is 1.86. The highest BCUT2D eigenvalue weighted by Gasteiger charge is 2.32. The number of hydrazone groups is 1. The normalized spacial score (nSPS) is 19.4. The van der Waals surface area contributed by atoms with Gasteiger partial charge >= 0.3 is 0 Å². The number of hydrogen-bond donors (Lipinski definition) is 0. The monoisotopic (exact) mass is 314 g/mol. The van der Waals surface area contributed by atoms with Crippen LogP contribution in [0.5, 0.6) is 11.5 Å². The molecular formula is C16H14N2O3S. The van der Waals surface area contributed by atoms with E-state index in [1.165, 1.54) is 0 Å². The van der Waals surface area contributed by atoms with Crippen molar-refractivity contribution < 1.29 is 14.3 Å². The van der Waals surface area contributed by atoms with Gasteiger partial charge in [0.2, 0.25) is 12.7 Å². The Kier molecular flexibility index (Phi) is 3.11. The van der Waals surface area contributed by atoms with Crippen molar-refractivity contribution >= 4 is 23.0 Å². The Labute approximate surface area is 131 Å². The molecule has 3 heterocycles. The highest BCUT2D eigenvalue weighted by molar-refractivity contribution is 7.10. The minimum Gasteiger partial charge on any atom is -0.454 e. The molecule has 2 aromatic rings. The van der Waals surface area contributed by atoms with Crippen LogP contribution in [-0.2, 0) is 4.79 Å². The second kappa shape index (κ2) is 5.14. The maximum Gasteiger partial charge on any atom is 0.240 e. The molecule has 1 aromatic carbocycles. The molecule has 4 rings (SSSR count). The maximum absolute atomic E-state index is 11.9. The van der Waals surface area contributed by atoms with Gasteiger partial charge in [0.15, 0.2) is 11.5 Å². The molecule has 0 N–H and O–H groups in total. The molecule has 0 fully saturated rings. The highest BCUT2D eigenvalue weighted by atomic mass is 32.1. The number of carbonyl (C=O) groups excluding carboxylic acids is 1. The van der Waals surface area contributed by atoms with E-state index < -0.39 is 0 Å². The van der Waals surface area contributed by atoms with Crippen molar-refractivity contribution in [2.24, 2.45) is 5.10 Å². The van der Waals surface area contributed by atoms with Gasteiger partial charge in [0.25, 0.3) is 0 Å². The fourth-order valence-corrected chi connectivity index (χ4v) is 3.57. The van der Waals surface area contributed by atoms with E-state index in [9.17, 15) is 4.79 Å². The van der Waals surface area contributed by atoms with Gasteiger partial charge in [0.1, 0.15) is 0 Å². The Morgan fingerprint density at radius 3 is 2.95 bits per heavy atom. The fourth-order valence-electron chi connectivity index (χ4n) is 2.75. The van der Waals surface area contributed by atoms with Crippen LogP contribution in [0.2, 0.25) is 0 Å². The van der Waals surface area contributed by atoms with E-state index in [1.807, 2.05) is 35.7 Å². The van der Waals surface area contributed by atoms with E-state index in [2.05, 4.69) is 5.10 Å². The van der Waals surface area contributed by atoms with Gasteiger partial charge in [0, 0.05) is 23.8 Å². The summed E-state index contributed by atoms with van der Waals surface area (Å²) in [6, 6.07) is 9.80. The second-order valence-corrected chi connectivity index (χ2v) is 6.19. The van der Waals surface area contributed by atoms with Crippen molar-refractivity contribution in [3.63, 3.8) is 0 Å². The summed E-state index contributed by atoms with van der Waals surface area (Å²) in [5, 5.41) is 8.13. The molecule has 2 aliphatic rings. The number of hydrogen-bond acceptors (Lipinski definition) is 5. The third kappa shape index (κ3) is 2.16. The first-order valence-corrected chi connectivity index (χ1v) is 7.91. The van der Waals surface area contributed by atoms with E-state index in [1.54, 1.807) is 23.3 Å². The van der Waals surface area contributed by atoms with Crippen LogP contribution in [0.3, 0.4) is 0 Å². The van der Waals surface area contributed by atoms with Crippen LogP contribution in [0.15, 0.2) is 40.8 Å². The third-order valence-corrected chi connectivity index (χ3v) is 4.78. The molecule has 0 bridgehead atoms. The van der Waals surface area contributed by atoms with Crippen molar-refractivity contribution in [2.45, 2.75) is 19.4 Å². The predicted octanol–water partition coefficient (Wildman–Crippen LogP) is 3.17. The molecule has 112 valence electrons. The van der Waals surface area contributed by atoms with E-state index in [-0.39, 0.29) is 18.7 Å². The van der Waals surface area contributed by atoms with Gasteiger partial charge in [-0.1, -0.05) is 6.07 Å². The first-order chi connectivity index (χ1) is 10.7. The minimum absolute atomic E-state index is 0.0158. The van der Waals surface area contributed by atoms with Gasteiger partial charge in [-0.15, -0.1) is 11.3 Å². The van der Waals surface area contributed by atoms with Gasteiger partial charge in [-0.3, -0.25) is 4.79 Å². The number of nitrogens with zero attached hydrogens (tertiary/aromatic N) is 2. The van der Waals surface area contributed by atoms with E-state index in [0.29, 0.717) is 6.42 Å². The van der Waals surface area contributed by atoms with Crippen LogP contribution < -0.4 is 9.47 Å². The molecule has 2 aliphatic heterocycles. The van der Waals surface area contributed by atoms with E-state index in [0.717, 1.165) is 27.7 Å². The smallest absolute Gasteiger partial charge is 0.240 e. The molecule has 0 unspecified atom stereocenters. The lowest BCUT2D eigenvalue weighted by molar-refractivity contribution is -0.130. The third-order valence-electron chi connectivity index (χ3n) is 3.81. The molecule has 1 aromatic heterocycles. The zero-order valence-electron chi connectivity index (χ0n) is 12.0. The molecule has 0 spiro atoms. The second-order valence-electron chi connectivity index (χ2n) is 5.21. The SMILES string of the molecule is CC(=O)N1N=C(c2ccc3c(c2)OCO3)C[C@H]1c1cccs1. The number of benzene rings is 1. The molecule has 22 heavy (non-hydrogen) atoms. The van der Waals surface area contributed by atoms with Crippen molar-refractivity contribution in [2.75, 3.05) is 6.79 Å². The maximum atomic E-state index is 11.9. The van der Waals surface area contributed by atoms with Crippen molar-refractivity contribution in [1.82, 2.24) is 5.01 Å². The van der Waals surface area contributed by atoms with Gasteiger partial charge in [0.05, 0.1) is 11.8 Å². The number of carbonyl (C=O) groups is 1. The van der Waals surface area contributed by atoms with Crippen LogP contribution >= 0.6 is 11.3 Å². The Bertz CT molecular complexity index is 755. The Balaban J connectivity index is 1.68. The minimum atomic E-state index is -0.0471. The molecule has 1 atom stereocenters. The highest BCUT2D eigenvalue weighted by Crippen LogP contribution is 2.38. The molecule has 0 saturated carbocycles. The number of amides is 1. The lowest BCUT2D eigenvalue weighted by Crippen LogP contribution is -2.23. The van der Waals surface area contributed by atoms with E-state index >= 15 is 0 Å². The average Bonchev–Trinajstić information content (AvgIpc) is 3.25. The van der Waals surface area contributed by atoms with Crippen LogP contribution in [0.4, 0.5) is 0 Å². The van der Waals surface area contributed by atoms with Crippen LogP contribution in [0.25, 0.3) is 0 Å². The van der Waals surface area contributed by atoms with Crippen LogP contribution in [-0.4, -0.2) is 23.4 Å². The Morgan fingerprint density at radius 2 is 2.18 bits per heavy atom. The van der Waals surface area contributed by atoms with Crippen molar-refractivity contribution in [3.05, 3.63) is 46.2 Å². The topological polar surface area (TPSA) is 51.1 Å². The fraction of sp³-hybridized carbons (Fsp3) is 0.250. The number of ether oxygens (including phenoxy) is 2. The number of fused-ring (bicyclic) bond motifs is 1. The molecule has 0 aliphatic carbocycles. The van der Waals surface area contributed by atoms with E-state index in [4.69, 9.17) is 9.47 Å². The Hall–Kier alpha value is -2.34. The average molecular weight is 314 g/mol. The van der Waals surface area contributed by atoms with Gasteiger partial charge in [-0.2, -0.15) is 5.10 Å². The number of rotatable bonds is 2. The van der Waals surface area contributed by atoms with Gasteiger partial charge < -0.3 is 9.47 Å². The summed E-state index contributed by atoms with van der Waals surface area (Å²) in [6.45, 7) is 1.80. The van der Waals surface area contributed by atoms with Gasteiger partial charge in [-0.05, 0) is 29.6 Å². The molecule has 0 saturated heterocycles. The molecule has 1 amide bonds. The first kappa shape index (κ1) is 13.3. The lowest BCUT2D eigenvalue weighted by atomic mass is 10.0. The Morgan fingerprint density at radius 1 is 1.32 bits per heavy atom. The quantitative estimate of drug-likeness (QED) is 0.855. The number of thiophene rings is 1. The predicted molar refractivity (Wildman–Crippen MR) is 83.3 cm³/mol. The summed E-state index contributed by atoms with van der Waals surface area (Å²) in [7, 11) is 0. The van der Waals surface area contributed by atoms with Crippen LogP contribution in [0, 0.1) is 0 Å². The molecule has 0 radical (unpaired) electrons. The lowest BCUT2D eigenvalue weighted by Gasteiger charge is -2.18. The van der Waals surface area contributed by atoms with Crippen LogP contribution in [0.1, 0.15) is 29.8 Å². The summed E-state index contributed by atoms with van der Waals surface area (Å²) >= 11 is 1.65. The largest absolute Gasteiger partial charge is 0.454 e. The standard InChI is InChI=1S/C16H14N2O3S/c1-10(19)18-13(16-3-2-6-22-16)8-12(17-18)11-4-5-14-15(7-11)21-9-20-14/h2-7,13H,8-9H2,1H3/t13-/m0/s1.